The second-order valence-electron chi connectivity index (χ2n) is 4.09. The van der Waals surface area contributed by atoms with Gasteiger partial charge in [-0.2, -0.15) is 0 Å². The van der Waals surface area contributed by atoms with E-state index in [1.54, 1.807) is 0 Å². The summed E-state index contributed by atoms with van der Waals surface area (Å²) in [6.45, 7) is 2.01. The second kappa shape index (κ2) is 4.38. The lowest BCUT2D eigenvalue weighted by Gasteiger charge is -2.03. The molecule has 1 aromatic heterocycles. The van der Waals surface area contributed by atoms with Crippen LogP contribution in [0.3, 0.4) is 0 Å². The maximum absolute atomic E-state index is 11.4. The molecule has 0 spiro atoms. The van der Waals surface area contributed by atoms with Crippen LogP contribution >= 0.6 is 11.3 Å². The van der Waals surface area contributed by atoms with Crippen LogP contribution in [0.1, 0.15) is 35.3 Å². The third kappa shape index (κ3) is 2.41. The predicted molar refractivity (Wildman–Crippen MR) is 63.4 cm³/mol. The summed E-state index contributed by atoms with van der Waals surface area (Å²) in [7, 11) is -0.970. The lowest BCUT2D eigenvalue weighted by Crippen LogP contribution is -2.11. The van der Waals surface area contributed by atoms with E-state index in [9.17, 15) is 8.42 Å². The van der Waals surface area contributed by atoms with Crippen molar-refractivity contribution in [2.24, 2.45) is 0 Å². The van der Waals surface area contributed by atoms with E-state index in [1.807, 2.05) is 14.0 Å². The van der Waals surface area contributed by atoms with Gasteiger partial charge in [-0.25, -0.2) is 8.42 Å². The minimum absolute atomic E-state index is 0.0558. The number of hydrogen-bond acceptors (Lipinski definition) is 6. The molecule has 0 radical (unpaired) electrons. The maximum atomic E-state index is 11.4. The summed E-state index contributed by atoms with van der Waals surface area (Å²) >= 11 is 1.51. The Morgan fingerprint density at radius 1 is 1.50 bits per heavy atom. The molecule has 0 aromatic carbocycles. The highest BCUT2D eigenvalue weighted by molar-refractivity contribution is 7.91. The summed E-state index contributed by atoms with van der Waals surface area (Å²) < 4.78 is 22.7. The van der Waals surface area contributed by atoms with Crippen molar-refractivity contribution in [2.45, 2.75) is 25.3 Å². The van der Waals surface area contributed by atoms with Crippen LogP contribution in [-0.2, 0) is 9.84 Å². The SMILES string of the molecule is CNC(C)c1nnc(C2CCS(=O)(=O)C2)s1. The Kier molecular flexibility index (Phi) is 3.27. The highest BCUT2D eigenvalue weighted by Gasteiger charge is 2.31. The molecular formula is C9H15N3O2S2. The van der Waals surface area contributed by atoms with Crippen molar-refractivity contribution in [3.63, 3.8) is 0 Å². The Balaban J connectivity index is 2.14. The Bertz CT molecular complexity index is 469. The highest BCUT2D eigenvalue weighted by Crippen LogP contribution is 2.31. The smallest absolute Gasteiger partial charge is 0.151 e. The van der Waals surface area contributed by atoms with Gasteiger partial charge in [0.25, 0.3) is 0 Å². The number of hydrogen-bond donors (Lipinski definition) is 1. The third-order valence-corrected chi connectivity index (χ3v) is 5.88. The molecule has 0 amide bonds. The third-order valence-electron chi connectivity index (χ3n) is 2.84. The molecule has 1 aliphatic rings. The maximum Gasteiger partial charge on any atom is 0.151 e. The first-order valence-electron chi connectivity index (χ1n) is 5.23. The Labute approximate surface area is 99.2 Å². The second-order valence-corrected chi connectivity index (χ2v) is 7.36. The molecule has 1 saturated heterocycles. The first kappa shape index (κ1) is 11.9. The average Bonchev–Trinajstić information content (AvgIpc) is 2.83. The summed E-state index contributed by atoms with van der Waals surface area (Å²) in [6, 6.07) is 0.171. The van der Waals surface area contributed by atoms with Gasteiger partial charge in [0, 0.05) is 5.92 Å². The standard InChI is InChI=1S/C9H15N3O2S2/c1-6(10-2)8-11-12-9(15-8)7-3-4-16(13,14)5-7/h6-7,10H,3-5H2,1-2H3. The van der Waals surface area contributed by atoms with Crippen LogP contribution in [0, 0.1) is 0 Å². The molecule has 5 nitrogen and oxygen atoms in total. The van der Waals surface area contributed by atoms with Gasteiger partial charge in [0.15, 0.2) is 9.84 Å². The largest absolute Gasteiger partial charge is 0.311 e. The average molecular weight is 261 g/mol. The van der Waals surface area contributed by atoms with Crippen LogP contribution in [0.5, 0.6) is 0 Å². The zero-order valence-electron chi connectivity index (χ0n) is 9.30. The number of aromatic nitrogens is 2. The molecule has 1 aliphatic heterocycles. The Morgan fingerprint density at radius 3 is 2.81 bits per heavy atom. The van der Waals surface area contributed by atoms with Gasteiger partial charge < -0.3 is 5.32 Å². The van der Waals surface area contributed by atoms with Crippen LogP contribution in [0.25, 0.3) is 0 Å². The minimum atomic E-state index is -2.84. The van der Waals surface area contributed by atoms with Gasteiger partial charge in [-0.3, -0.25) is 0 Å². The van der Waals surface area contributed by atoms with Crippen LogP contribution in [-0.4, -0.2) is 37.2 Å². The van der Waals surface area contributed by atoms with Gasteiger partial charge in [0.1, 0.15) is 10.0 Å². The fourth-order valence-corrected chi connectivity index (χ4v) is 4.59. The van der Waals surface area contributed by atoms with Crippen molar-refractivity contribution >= 4 is 21.2 Å². The van der Waals surface area contributed by atoms with E-state index >= 15 is 0 Å². The van der Waals surface area contributed by atoms with E-state index in [4.69, 9.17) is 0 Å². The van der Waals surface area contributed by atoms with Crippen LogP contribution in [0.4, 0.5) is 0 Å². The van der Waals surface area contributed by atoms with Gasteiger partial charge in [-0.15, -0.1) is 10.2 Å². The van der Waals surface area contributed by atoms with E-state index in [2.05, 4.69) is 15.5 Å². The van der Waals surface area contributed by atoms with Gasteiger partial charge in [0.05, 0.1) is 17.5 Å². The van der Waals surface area contributed by atoms with Gasteiger partial charge in [0.2, 0.25) is 0 Å². The van der Waals surface area contributed by atoms with Gasteiger partial charge in [-0.05, 0) is 20.4 Å². The number of sulfone groups is 1. The minimum Gasteiger partial charge on any atom is -0.311 e. The molecule has 90 valence electrons. The summed E-state index contributed by atoms with van der Waals surface area (Å²) in [6.07, 6.45) is 0.685. The van der Waals surface area contributed by atoms with Gasteiger partial charge >= 0.3 is 0 Å². The first-order chi connectivity index (χ1) is 7.52. The van der Waals surface area contributed by atoms with Crippen molar-refractivity contribution in [2.75, 3.05) is 18.6 Å². The van der Waals surface area contributed by atoms with Gasteiger partial charge in [-0.1, -0.05) is 11.3 Å². The van der Waals surface area contributed by atoms with E-state index in [-0.39, 0.29) is 23.5 Å². The lowest BCUT2D eigenvalue weighted by molar-refractivity contribution is 0.601. The van der Waals surface area contributed by atoms with E-state index in [0.717, 1.165) is 10.0 Å². The molecule has 0 bridgehead atoms. The van der Waals surface area contributed by atoms with E-state index < -0.39 is 9.84 Å². The lowest BCUT2D eigenvalue weighted by atomic mass is 10.1. The monoisotopic (exact) mass is 261 g/mol. The molecule has 0 aliphatic carbocycles. The highest BCUT2D eigenvalue weighted by atomic mass is 32.2. The quantitative estimate of drug-likeness (QED) is 0.868. The Morgan fingerprint density at radius 2 is 2.25 bits per heavy atom. The number of nitrogens with one attached hydrogen (secondary N) is 1. The number of rotatable bonds is 3. The van der Waals surface area contributed by atoms with Crippen LogP contribution in [0.15, 0.2) is 0 Å². The normalized spacial score (nSPS) is 25.8. The van der Waals surface area contributed by atoms with E-state index in [1.165, 1.54) is 11.3 Å². The molecule has 7 heteroatoms. The zero-order valence-corrected chi connectivity index (χ0v) is 10.9. The van der Waals surface area contributed by atoms with Crippen molar-refractivity contribution < 1.29 is 8.42 Å². The number of nitrogens with zero attached hydrogens (tertiary/aromatic N) is 2. The molecule has 2 unspecified atom stereocenters. The summed E-state index contributed by atoms with van der Waals surface area (Å²) in [5, 5.41) is 13.1. The molecule has 1 aromatic rings. The van der Waals surface area contributed by atoms with Crippen molar-refractivity contribution in [3.8, 4) is 0 Å². The zero-order chi connectivity index (χ0) is 11.8. The predicted octanol–water partition coefficient (Wildman–Crippen LogP) is 0.721. The molecule has 1 N–H and O–H groups in total. The van der Waals surface area contributed by atoms with Crippen molar-refractivity contribution in [3.05, 3.63) is 10.0 Å². The van der Waals surface area contributed by atoms with Crippen LogP contribution in [0.2, 0.25) is 0 Å². The molecular weight excluding hydrogens is 246 g/mol. The molecule has 2 heterocycles. The molecule has 0 saturated carbocycles. The molecule has 16 heavy (non-hydrogen) atoms. The van der Waals surface area contributed by atoms with Crippen molar-refractivity contribution in [1.82, 2.24) is 15.5 Å². The molecule has 2 rings (SSSR count). The molecule has 2 atom stereocenters. The summed E-state index contributed by atoms with van der Waals surface area (Å²) in [5.74, 6) is 0.573. The summed E-state index contributed by atoms with van der Waals surface area (Å²) in [4.78, 5) is 0. The fraction of sp³-hybridized carbons (Fsp3) is 0.778. The first-order valence-corrected chi connectivity index (χ1v) is 7.86. The Hall–Kier alpha value is -0.530. The van der Waals surface area contributed by atoms with E-state index in [0.29, 0.717) is 6.42 Å². The van der Waals surface area contributed by atoms with Crippen molar-refractivity contribution in [1.29, 1.82) is 0 Å². The van der Waals surface area contributed by atoms with Crippen LogP contribution < -0.4 is 5.32 Å². The topological polar surface area (TPSA) is 72.0 Å². The molecule has 1 fully saturated rings. The fourth-order valence-electron chi connectivity index (χ4n) is 1.70. The summed E-state index contributed by atoms with van der Waals surface area (Å²) in [5.41, 5.74) is 0.